The molecular weight excluding hydrogens is 232 g/mol. The van der Waals surface area contributed by atoms with Gasteiger partial charge in [0.15, 0.2) is 0 Å². The zero-order chi connectivity index (χ0) is 12.5. The standard InChI is InChI=1S/C14H14O2S/c1-3-9-14(2)12(15)11(13(16)17-14)10-7-5-4-6-8-10/h3-9,15H,1-2H3/b9-3+/t14-/m1/s1. The fraction of sp³-hybridized carbons (Fsp3) is 0.214. The molecule has 0 spiro atoms. The fourth-order valence-corrected chi connectivity index (χ4v) is 3.03. The third kappa shape index (κ3) is 2.03. The molecule has 1 N–H and O–H groups in total. The van der Waals surface area contributed by atoms with E-state index in [-0.39, 0.29) is 10.9 Å². The van der Waals surface area contributed by atoms with Gasteiger partial charge in [0.2, 0.25) is 5.12 Å². The van der Waals surface area contributed by atoms with Crippen molar-refractivity contribution >= 4 is 22.5 Å². The fourth-order valence-electron chi connectivity index (χ4n) is 1.93. The highest BCUT2D eigenvalue weighted by Gasteiger charge is 2.41. The molecule has 88 valence electrons. The summed E-state index contributed by atoms with van der Waals surface area (Å²) < 4.78 is -0.628. The molecule has 1 atom stereocenters. The van der Waals surface area contributed by atoms with Crippen LogP contribution in [0.3, 0.4) is 0 Å². The minimum absolute atomic E-state index is 0.0747. The Balaban J connectivity index is 2.53. The number of aliphatic hydroxyl groups is 1. The van der Waals surface area contributed by atoms with Crippen LogP contribution in [-0.4, -0.2) is 15.0 Å². The summed E-state index contributed by atoms with van der Waals surface area (Å²) in [5.74, 6) is 0.150. The van der Waals surface area contributed by atoms with Gasteiger partial charge in [0.05, 0.1) is 10.3 Å². The van der Waals surface area contributed by atoms with E-state index >= 15 is 0 Å². The summed E-state index contributed by atoms with van der Waals surface area (Å²) in [6, 6.07) is 9.29. The Labute approximate surface area is 105 Å². The molecule has 1 heterocycles. The molecule has 0 aromatic heterocycles. The van der Waals surface area contributed by atoms with Crippen molar-refractivity contribution < 1.29 is 9.90 Å². The first-order valence-corrected chi connectivity index (χ1v) is 6.26. The van der Waals surface area contributed by atoms with Crippen LogP contribution >= 0.6 is 11.8 Å². The lowest BCUT2D eigenvalue weighted by molar-refractivity contribution is -0.106. The minimum atomic E-state index is -0.628. The number of carbonyl (C=O) groups excluding carboxylic acids is 1. The van der Waals surface area contributed by atoms with Gasteiger partial charge in [-0.25, -0.2) is 0 Å². The van der Waals surface area contributed by atoms with Crippen molar-refractivity contribution in [2.75, 3.05) is 0 Å². The molecule has 0 radical (unpaired) electrons. The van der Waals surface area contributed by atoms with Crippen LogP contribution in [0.5, 0.6) is 0 Å². The molecule has 1 aliphatic rings. The molecule has 1 aromatic carbocycles. The van der Waals surface area contributed by atoms with Crippen molar-refractivity contribution in [1.29, 1.82) is 0 Å². The topological polar surface area (TPSA) is 37.3 Å². The number of allylic oxidation sites excluding steroid dienone is 1. The van der Waals surface area contributed by atoms with Crippen LogP contribution in [0.1, 0.15) is 19.4 Å². The molecule has 0 amide bonds. The number of benzene rings is 1. The van der Waals surface area contributed by atoms with Crippen molar-refractivity contribution in [1.82, 2.24) is 0 Å². The van der Waals surface area contributed by atoms with Crippen LogP contribution in [0.4, 0.5) is 0 Å². The van der Waals surface area contributed by atoms with Crippen molar-refractivity contribution in [2.24, 2.45) is 0 Å². The smallest absolute Gasteiger partial charge is 0.224 e. The second kappa shape index (κ2) is 4.41. The molecule has 0 unspecified atom stereocenters. The lowest BCUT2D eigenvalue weighted by Crippen LogP contribution is -2.16. The van der Waals surface area contributed by atoms with Crippen LogP contribution in [0.15, 0.2) is 48.2 Å². The van der Waals surface area contributed by atoms with E-state index < -0.39 is 4.75 Å². The number of rotatable bonds is 2. The van der Waals surface area contributed by atoms with E-state index in [1.807, 2.05) is 56.3 Å². The number of aliphatic hydroxyl groups excluding tert-OH is 1. The Hall–Kier alpha value is -1.48. The summed E-state index contributed by atoms with van der Waals surface area (Å²) in [7, 11) is 0. The Morgan fingerprint density at radius 3 is 2.53 bits per heavy atom. The molecule has 0 aliphatic carbocycles. The Morgan fingerprint density at radius 1 is 1.29 bits per heavy atom. The average Bonchev–Trinajstić information content (AvgIpc) is 2.51. The summed E-state index contributed by atoms with van der Waals surface area (Å²) in [5.41, 5.74) is 1.20. The predicted octanol–water partition coefficient (Wildman–Crippen LogP) is 3.56. The molecular formula is C14H14O2S. The first kappa shape index (κ1) is 12.0. The van der Waals surface area contributed by atoms with E-state index in [1.54, 1.807) is 0 Å². The monoisotopic (exact) mass is 246 g/mol. The van der Waals surface area contributed by atoms with Gasteiger partial charge in [-0.1, -0.05) is 54.2 Å². The first-order chi connectivity index (χ1) is 8.08. The van der Waals surface area contributed by atoms with Gasteiger partial charge < -0.3 is 5.11 Å². The highest BCUT2D eigenvalue weighted by molar-refractivity contribution is 8.16. The van der Waals surface area contributed by atoms with E-state index in [1.165, 1.54) is 0 Å². The van der Waals surface area contributed by atoms with Gasteiger partial charge in [-0.05, 0) is 19.4 Å². The van der Waals surface area contributed by atoms with Crippen LogP contribution in [0.2, 0.25) is 0 Å². The first-order valence-electron chi connectivity index (χ1n) is 5.45. The van der Waals surface area contributed by atoms with Crippen LogP contribution in [0.25, 0.3) is 5.57 Å². The van der Waals surface area contributed by atoms with Gasteiger partial charge in [-0.2, -0.15) is 0 Å². The van der Waals surface area contributed by atoms with Crippen molar-refractivity contribution in [3.05, 3.63) is 53.8 Å². The summed E-state index contributed by atoms with van der Waals surface area (Å²) in [4.78, 5) is 12.0. The van der Waals surface area contributed by atoms with Crippen LogP contribution < -0.4 is 0 Å². The van der Waals surface area contributed by atoms with Gasteiger partial charge in [-0.15, -0.1) is 0 Å². The van der Waals surface area contributed by atoms with E-state index in [2.05, 4.69) is 0 Å². The molecule has 0 bridgehead atoms. The van der Waals surface area contributed by atoms with Crippen molar-refractivity contribution in [3.8, 4) is 0 Å². The molecule has 0 fully saturated rings. The average molecular weight is 246 g/mol. The summed E-state index contributed by atoms with van der Waals surface area (Å²) in [6.07, 6.45) is 3.70. The van der Waals surface area contributed by atoms with Gasteiger partial charge in [-0.3, -0.25) is 4.79 Å². The zero-order valence-corrected chi connectivity index (χ0v) is 10.6. The third-order valence-electron chi connectivity index (χ3n) is 2.76. The molecule has 2 rings (SSSR count). The van der Waals surface area contributed by atoms with Gasteiger partial charge in [0.25, 0.3) is 0 Å². The minimum Gasteiger partial charge on any atom is -0.510 e. The summed E-state index contributed by atoms with van der Waals surface area (Å²) in [6.45, 7) is 3.73. The van der Waals surface area contributed by atoms with Crippen molar-refractivity contribution in [3.63, 3.8) is 0 Å². The SMILES string of the molecule is C/C=C/[C@@]1(C)SC(=O)C(c2ccccc2)=C1O. The lowest BCUT2D eigenvalue weighted by Gasteiger charge is -2.16. The molecule has 1 aromatic rings. The van der Waals surface area contributed by atoms with E-state index in [4.69, 9.17) is 0 Å². The third-order valence-corrected chi connectivity index (χ3v) is 3.91. The quantitative estimate of drug-likeness (QED) is 0.811. The summed E-state index contributed by atoms with van der Waals surface area (Å²) >= 11 is 1.15. The number of thioether (sulfide) groups is 1. The molecule has 0 saturated heterocycles. The zero-order valence-electron chi connectivity index (χ0n) is 9.81. The number of hydrogen-bond donors (Lipinski definition) is 1. The number of hydrogen-bond acceptors (Lipinski definition) is 3. The molecule has 2 nitrogen and oxygen atoms in total. The highest BCUT2D eigenvalue weighted by atomic mass is 32.2. The highest BCUT2D eigenvalue weighted by Crippen LogP contribution is 2.46. The predicted molar refractivity (Wildman–Crippen MR) is 71.8 cm³/mol. The maximum atomic E-state index is 12.0. The second-order valence-electron chi connectivity index (χ2n) is 4.09. The molecule has 0 saturated carbocycles. The Kier molecular flexibility index (Phi) is 3.11. The largest absolute Gasteiger partial charge is 0.510 e. The maximum absolute atomic E-state index is 12.0. The Morgan fingerprint density at radius 2 is 1.94 bits per heavy atom. The van der Waals surface area contributed by atoms with E-state index in [9.17, 15) is 9.90 Å². The van der Waals surface area contributed by atoms with Gasteiger partial charge >= 0.3 is 0 Å². The second-order valence-corrected chi connectivity index (χ2v) is 5.51. The van der Waals surface area contributed by atoms with E-state index in [0.29, 0.717) is 5.57 Å². The summed E-state index contributed by atoms with van der Waals surface area (Å²) in [5, 5.41) is 10.2. The Bertz CT molecular complexity index is 502. The normalized spacial score (nSPS) is 24.9. The van der Waals surface area contributed by atoms with E-state index in [0.717, 1.165) is 17.3 Å². The van der Waals surface area contributed by atoms with Crippen molar-refractivity contribution in [2.45, 2.75) is 18.6 Å². The lowest BCUT2D eigenvalue weighted by atomic mass is 9.99. The molecule has 17 heavy (non-hydrogen) atoms. The molecule has 1 aliphatic heterocycles. The van der Waals surface area contributed by atoms with Crippen LogP contribution in [-0.2, 0) is 4.79 Å². The maximum Gasteiger partial charge on any atom is 0.224 e. The number of carbonyl (C=O) groups is 1. The molecule has 3 heteroatoms. The van der Waals surface area contributed by atoms with Gasteiger partial charge in [0.1, 0.15) is 5.76 Å². The van der Waals surface area contributed by atoms with Crippen LogP contribution in [0, 0.1) is 0 Å². The van der Waals surface area contributed by atoms with Gasteiger partial charge in [0, 0.05) is 0 Å².